The number of phosphoric acid groups is 3. The molecule has 0 spiro atoms. The number of hydrogen-bond donors (Lipinski definition) is 24. The molecule has 564 valence electrons. The number of aromatic carboxylic acids is 1. The summed E-state index contributed by atoms with van der Waals surface area (Å²) in [4.78, 5) is 110. The van der Waals surface area contributed by atoms with E-state index >= 15 is 0 Å². The molecule has 0 aliphatic rings. The highest BCUT2D eigenvalue weighted by Gasteiger charge is 2.22. The Kier molecular flexibility index (Phi) is 45.4. The molecule has 0 saturated carbocycles. The van der Waals surface area contributed by atoms with Crippen molar-refractivity contribution in [1.82, 2.24) is 34.9 Å². The number of carbonyl (C=O) groups excluding carboxylic acids is 2. The van der Waals surface area contributed by atoms with Gasteiger partial charge in [-0.1, -0.05) is 8.93 Å². The van der Waals surface area contributed by atoms with Crippen molar-refractivity contribution in [2.75, 3.05) is 0 Å². The minimum atomic E-state index is -4.61. The van der Waals surface area contributed by atoms with E-state index in [9.17, 15) is 63.8 Å². The van der Waals surface area contributed by atoms with Crippen molar-refractivity contribution in [3.63, 3.8) is 0 Å². The molecule has 0 bridgehead atoms. The van der Waals surface area contributed by atoms with Crippen LogP contribution in [-0.4, -0.2) is 154 Å². The van der Waals surface area contributed by atoms with Gasteiger partial charge in [-0.3, -0.25) is 68.4 Å². The summed E-state index contributed by atoms with van der Waals surface area (Å²) < 4.78 is 44.2. The molecule has 40 nitrogen and oxygen atoms in total. The summed E-state index contributed by atoms with van der Waals surface area (Å²) in [6, 6.07) is 0. The van der Waals surface area contributed by atoms with E-state index in [4.69, 9.17) is 86.9 Å². The lowest BCUT2D eigenvalue weighted by molar-refractivity contribution is 0.0688. The standard InChI is InChI=1S/C8H13N2O5P.C8H12N2O2.C8H12NO6P.C8H10NO6P.C8H9NO4.C8H11NO3.C8H9NO3.H3NP2.H2NP/c1-5-8(11)7(2-9)6(3-10-5)4-15-16(12,13)14;1-5-8(12)7(2-9)6(4-11)3-10-5;2*1-5-8(11)7(3-10)6(2-9-5)4-15-16(12,13)14;1-4-7(11)6(8(12)13)5(3-10)2-9-4;2*1-5-8(12)7(4-11)6(3-10)2-9-5;1-3-2;1-2/h3,11H,2,4,9H2,1H3,(H2,12,13,14);3,11-12H,2,4,9H2,1H3;2,10-11H,3-4H2,1H3,(H2,12,13,14);2-3,11H,4H2,1H3,(H2,12,13,14);2,10-11H,3H2,1H3,(H,12,13);2,10-12H,3-4H2,1H3;2,4,10,12H,3H2,1H3;1H,2H2;1-2H. The number of rotatable bonds is 20. The van der Waals surface area contributed by atoms with Crippen LogP contribution >= 0.6 is 49.5 Å². The van der Waals surface area contributed by atoms with Gasteiger partial charge >= 0.3 is 29.4 Å². The Balaban J connectivity index is 0. The highest BCUT2D eigenvalue weighted by molar-refractivity contribution is 7.96. The quantitative estimate of drug-likeness (QED) is 0.0378. The SMILES string of the molecule is Cc1ncc(CO)c(C(=O)O)c1O.Cc1ncc(CO)c(C=O)c1O.Cc1ncc(CO)c(CN)c1O.Cc1ncc(CO)c(CO)c1O.Cc1ncc(COP(=O)(O)O)c(C=O)c1O.Cc1ncc(COP(=O)(O)O)c(CN)c1O.Cc1ncc(COP(=O)(O)O)c(CO)c1O.N=P.N=PP. The largest absolute Gasteiger partial charge is 0.506 e. The Bertz CT molecular complexity index is 3900. The molecule has 1 atom stereocenters. The van der Waals surface area contributed by atoms with Gasteiger partial charge in [0.2, 0.25) is 0 Å². The van der Waals surface area contributed by atoms with Crippen LogP contribution in [0.3, 0.4) is 0 Å². The Hall–Kier alpha value is -7.90. The lowest BCUT2D eigenvalue weighted by Gasteiger charge is -2.11. The third kappa shape index (κ3) is 32.6. The summed E-state index contributed by atoms with van der Waals surface area (Å²) in [5, 5.41) is 140. The first-order valence-electron chi connectivity index (χ1n) is 27.9. The van der Waals surface area contributed by atoms with E-state index in [1.54, 1.807) is 34.6 Å². The van der Waals surface area contributed by atoms with E-state index in [-0.39, 0.29) is 137 Å². The first-order chi connectivity index (χ1) is 47.6. The van der Waals surface area contributed by atoms with Gasteiger partial charge in [0.05, 0.1) is 110 Å². The number of carbonyl (C=O) groups is 3. The molecule has 0 aliphatic carbocycles. The Morgan fingerprint density at radius 1 is 0.431 bits per heavy atom. The maximum atomic E-state index is 10.7. The molecular formula is C56H81N11O29P6. The van der Waals surface area contributed by atoms with Crippen LogP contribution in [0.1, 0.15) is 132 Å². The number of aromatic hydroxyl groups is 7. The number of aryl methyl sites for hydroxylation is 7. The number of aromatic nitrogens is 7. The fraction of sp³-hybridized carbons (Fsp3) is 0.321. The number of hydrogen-bond acceptors (Lipinski definition) is 33. The Morgan fingerprint density at radius 2 is 0.657 bits per heavy atom. The van der Waals surface area contributed by atoms with Crippen LogP contribution in [0, 0.1) is 58.8 Å². The predicted molar refractivity (Wildman–Crippen MR) is 364 cm³/mol. The second-order valence-electron chi connectivity index (χ2n) is 19.5. The van der Waals surface area contributed by atoms with Gasteiger partial charge in [0.15, 0.2) is 18.3 Å². The molecule has 1 unspecified atom stereocenters. The first kappa shape index (κ1) is 96.2. The molecule has 0 fully saturated rings. The monoisotopic (exact) mass is 1560 g/mol. The minimum Gasteiger partial charge on any atom is -0.506 e. The van der Waals surface area contributed by atoms with Crippen LogP contribution in [0.15, 0.2) is 43.4 Å². The molecule has 0 radical (unpaired) electrons. The van der Waals surface area contributed by atoms with E-state index in [1.807, 2.05) is 0 Å². The Morgan fingerprint density at radius 3 is 0.951 bits per heavy atom. The lowest BCUT2D eigenvalue weighted by Crippen LogP contribution is -2.05. The third-order valence-electron chi connectivity index (χ3n) is 12.8. The number of nitrogens with zero attached hydrogens (tertiary/aromatic N) is 7. The van der Waals surface area contributed by atoms with Gasteiger partial charge in [-0.05, 0) is 57.5 Å². The number of carboxylic acids is 1. The minimum absolute atomic E-state index is 0.0368. The number of carboxylic acid groups (broad SMARTS) is 1. The number of nitrogens with two attached hydrogens (primary N) is 2. The van der Waals surface area contributed by atoms with Crippen molar-refractivity contribution in [3.05, 3.63) is 161 Å². The molecule has 7 aromatic heterocycles. The number of pyridine rings is 7. The van der Waals surface area contributed by atoms with Crippen molar-refractivity contribution in [3.8, 4) is 40.2 Å². The average molecular weight is 1560 g/mol. The fourth-order valence-corrected chi connectivity index (χ4v) is 8.25. The van der Waals surface area contributed by atoms with Crippen LogP contribution in [-0.2, 0) is 99.8 Å². The van der Waals surface area contributed by atoms with Crippen molar-refractivity contribution >= 4 is 68.0 Å². The third-order valence-corrected chi connectivity index (χ3v) is 14.2. The smallest absolute Gasteiger partial charge is 0.469 e. The second-order valence-corrected chi connectivity index (χ2v) is 24.2. The topological polar surface area (TPSA) is 725 Å². The maximum Gasteiger partial charge on any atom is 0.469 e. The van der Waals surface area contributed by atoms with Crippen LogP contribution in [0.25, 0.3) is 0 Å². The molecule has 0 aromatic carbocycles. The number of phosphoric ester groups is 3. The van der Waals surface area contributed by atoms with Crippen LogP contribution in [0.2, 0.25) is 0 Å². The number of aliphatic hydroxyl groups excluding tert-OH is 6. The highest BCUT2D eigenvalue weighted by atomic mass is 32.0. The summed E-state index contributed by atoms with van der Waals surface area (Å²) in [7, 11) is -8.71. The van der Waals surface area contributed by atoms with Gasteiger partial charge < -0.3 is 112 Å². The molecule has 0 saturated heterocycles. The maximum absolute atomic E-state index is 10.7. The van der Waals surface area contributed by atoms with Gasteiger partial charge in [-0.25, -0.2) is 18.5 Å². The zero-order valence-corrected chi connectivity index (χ0v) is 61.0. The van der Waals surface area contributed by atoms with E-state index in [0.717, 1.165) is 0 Å². The predicted octanol–water partition coefficient (Wildman–Crippen LogP) is 4.07. The molecule has 26 N–H and O–H groups in total. The summed E-state index contributed by atoms with van der Waals surface area (Å²) in [5.41, 5.74) is 16.8. The number of aldehydes is 2. The fourth-order valence-electron chi connectivity index (χ4n) is 7.33. The van der Waals surface area contributed by atoms with Crippen molar-refractivity contribution in [1.29, 1.82) is 10.3 Å². The lowest BCUT2D eigenvalue weighted by atomic mass is 10.1. The van der Waals surface area contributed by atoms with Crippen molar-refractivity contribution in [2.45, 2.75) is 121 Å². The van der Waals surface area contributed by atoms with Crippen molar-refractivity contribution in [2.24, 2.45) is 11.5 Å². The molecule has 0 aliphatic heterocycles. The van der Waals surface area contributed by atoms with E-state index in [0.29, 0.717) is 88.0 Å². The molecule has 46 heteroatoms. The van der Waals surface area contributed by atoms with Crippen LogP contribution in [0.4, 0.5) is 0 Å². The van der Waals surface area contributed by atoms with E-state index < -0.39 is 55.9 Å². The number of aliphatic hydroxyl groups is 6. The molecule has 0 amide bonds. The zero-order chi connectivity index (χ0) is 79.2. The first-order valence-corrected chi connectivity index (χ1v) is 35.5. The molecular weight excluding hydrogens is 1480 g/mol. The zero-order valence-electron chi connectivity index (χ0n) is 55.2. The molecule has 102 heavy (non-hydrogen) atoms. The van der Waals surface area contributed by atoms with E-state index in [2.05, 4.69) is 66.4 Å². The summed E-state index contributed by atoms with van der Waals surface area (Å²) in [6.07, 6.45) is 10.3. The molecule has 7 aromatic rings. The number of nitrogens with one attached hydrogen (secondary N) is 2. The van der Waals surface area contributed by atoms with Gasteiger partial charge in [0, 0.05) is 126 Å². The second kappa shape index (κ2) is 48.1. The van der Waals surface area contributed by atoms with Gasteiger partial charge in [-0.15, -0.1) is 0 Å². The van der Waals surface area contributed by atoms with Gasteiger partial charge in [0.1, 0.15) is 40.1 Å². The van der Waals surface area contributed by atoms with Crippen LogP contribution < -0.4 is 11.5 Å². The van der Waals surface area contributed by atoms with Gasteiger partial charge in [0.25, 0.3) is 0 Å². The average Bonchev–Trinajstić information content (AvgIpc) is 0.874. The molecule has 7 rings (SSSR count). The van der Waals surface area contributed by atoms with Crippen LogP contribution in [0.5, 0.6) is 40.2 Å². The summed E-state index contributed by atoms with van der Waals surface area (Å²) in [5.74, 6) is -2.36. The highest BCUT2D eigenvalue weighted by Crippen LogP contribution is 2.40. The summed E-state index contributed by atoms with van der Waals surface area (Å²) >= 11 is 0. The molecule has 7 heterocycles. The Labute approximate surface area is 587 Å². The summed E-state index contributed by atoms with van der Waals surface area (Å²) in [6.45, 7) is 8.14. The van der Waals surface area contributed by atoms with Crippen molar-refractivity contribution < 1.29 is 143 Å². The van der Waals surface area contributed by atoms with Gasteiger partial charge in [-0.2, -0.15) is 0 Å². The normalized spacial score (nSPS) is 10.6. The van der Waals surface area contributed by atoms with E-state index in [1.165, 1.54) is 57.2 Å².